The van der Waals surface area contributed by atoms with Gasteiger partial charge in [0.25, 0.3) is 0 Å². The Morgan fingerprint density at radius 3 is 2.57 bits per heavy atom. The molecule has 3 atom stereocenters. The van der Waals surface area contributed by atoms with Gasteiger partial charge in [0, 0.05) is 0 Å². The van der Waals surface area contributed by atoms with Crippen molar-refractivity contribution in [3.8, 4) is 0 Å². The predicted molar refractivity (Wildman–Crippen MR) is 92.9 cm³/mol. The second kappa shape index (κ2) is 7.71. The summed E-state index contributed by atoms with van der Waals surface area (Å²) < 4.78 is 1.95. The van der Waals surface area contributed by atoms with Gasteiger partial charge in [0.05, 0.1) is 11.6 Å². The number of hydrogen-bond acceptors (Lipinski definition) is 5. The van der Waals surface area contributed by atoms with E-state index in [9.17, 15) is 0 Å². The van der Waals surface area contributed by atoms with Crippen LogP contribution in [0.4, 0.5) is 0 Å². The van der Waals surface area contributed by atoms with Gasteiger partial charge in [0.2, 0.25) is 0 Å². The molecule has 3 N–H and O–H groups in total. The summed E-state index contributed by atoms with van der Waals surface area (Å²) in [4.78, 5) is 0. The maximum atomic E-state index is 5.86. The summed E-state index contributed by atoms with van der Waals surface area (Å²) in [5.41, 5.74) is 5.76. The zero-order valence-corrected chi connectivity index (χ0v) is 15.4. The van der Waals surface area contributed by atoms with Gasteiger partial charge in [0.1, 0.15) is 0 Å². The minimum absolute atomic E-state index is 0.108. The molecule has 2 rings (SSSR count). The Morgan fingerprint density at radius 2 is 1.96 bits per heavy atom. The number of hydrogen-bond donors (Lipinski definition) is 2. The fourth-order valence-electron chi connectivity index (χ4n) is 3.59. The van der Waals surface area contributed by atoms with Crippen molar-refractivity contribution in [1.29, 1.82) is 0 Å². The van der Waals surface area contributed by atoms with E-state index in [0.29, 0.717) is 11.8 Å². The van der Waals surface area contributed by atoms with Gasteiger partial charge in [-0.25, -0.2) is 4.68 Å². The average molecular weight is 323 g/mol. The zero-order valence-electron chi connectivity index (χ0n) is 15.4. The standard InChI is InChI=1S/C17H34N6/c1-12(2)15(16-20-21-22-23(16)17(3,4)5)19-11-14-8-6-7-13(9-14)10-18/h12-15,19H,6-11,18H2,1-5H3. The quantitative estimate of drug-likeness (QED) is 0.841. The molecule has 1 aliphatic rings. The molecule has 1 heterocycles. The van der Waals surface area contributed by atoms with Crippen LogP contribution < -0.4 is 11.1 Å². The van der Waals surface area contributed by atoms with E-state index < -0.39 is 0 Å². The van der Waals surface area contributed by atoms with Gasteiger partial charge < -0.3 is 11.1 Å². The van der Waals surface area contributed by atoms with Crippen molar-refractivity contribution in [2.45, 2.75) is 71.9 Å². The molecule has 6 heteroatoms. The number of rotatable bonds is 6. The van der Waals surface area contributed by atoms with Gasteiger partial charge >= 0.3 is 0 Å². The van der Waals surface area contributed by atoms with Crippen LogP contribution in [0.2, 0.25) is 0 Å². The molecule has 0 saturated heterocycles. The molecule has 0 spiro atoms. The third kappa shape index (κ3) is 4.73. The predicted octanol–water partition coefficient (Wildman–Crippen LogP) is 2.48. The van der Waals surface area contributed by atoms with Crippen LogP contribution in [0.15, 0.2) is 0 Å². The molecule has 132 valence electrons. The van der Waals surface area contributed by atoms with Crippen molar-refractivity contribution in [2.24, 2.45) is 23.5 Å². The van der Waals surface area contributed by atoms with E-state index in [0.717, 1.165) is 24.8 Å². The van der Waals surface area contributed by atoms with Crippen molar-refractivity contribution in [3.63, 3.8) is 0 Å². The maximum Gasteiger partial charge on any atom is 0.169 e. The van der Waals surface area contributed by atoms with E-state index in [-0.39, 0.29) is 11.6 Å². The highest BCUT2D eigenvalue weighted by molar-refractivity contribution is 4.97. The lowest BCUT2D eigenvalue weighted by atomic mass is 9.81. The fourth-order valence-corrected chi connectivity index (χ4v) is 3.59. The minimum atomic E-state index is -0.108. The summed E-state index contributed by atoms with van der Waals surface area (Å²) in [5.74, 6) is 2.81. The highest BCUT2D eigenvalue weighted by Gasteiger charge is 2.29. The topological polar surface area (TPSA) is 81.7 Å². The number of nitrogens with two attached hydrogens (primary N) is 1. The van der Waals surface area contributed by atoms with Gasteiger partial charge in [-0.3, -0.25) is 0 Å². The highest BCUT2D eigenvalue weighted by atomic mass is 15.6. The Bertz CT molecular complexity index is 476. The lowest BCUT2D eigenvalue weighted by molar-refractivity contribution is 0.240. The fraction of sp³-hybridized carbons (Fsp3) is 0.941. The summed E-state index contributed by atoms with van der Waals surface area (Å²) in [5, 5.41) is 16.2. The first-order valence-electron chi connectivity index (χ1n) is 9.05. The van der Waals surface area contributed by atoms with Crippen molar-refractivity contribution < 1.29 is 0 Å². The first-order valence-corrected chi connectivity index (χ1v) is 9.05. The van der Waals surface area contributed by atoms with Crippen LogP contribution in [0.5, 0.6) is 0 Å². The lowest BCUT2D eigenvalue weighted by Crippen LogP contribution is -2.37. The SMILES string of the molecule is CC(C)C(NCC1CCCC(CN)C1)c1nnnn1C(C)(C)C. The van der Waals surface area contributed by atoms with E-state index in [2.05, 4.69) is 55.5 Å². The summed E-state index contributed by atoms with van der Waals surface area (Å²) in [7, 11) is 0. The molecular weight excluding hydrogens is 288 g/mol. The zero-order chi connectivity index (χ0) is 17.0. The molecule has 0 aliphatic heterocycles. The molecule has 1 aromatic rings. The number of nitrogens with zero attached hydrogens (tertiary/aromatic N) is 4. The van der Waals surface area contributed by atoms with Crippen molar-refractivity contribution in [1.82, 2.24) is 25.5 Å². The first kappa shape index (κ1) is 18.3. The second-order valence-corrected chi connectivity index (χ2v) is 8.38. The molecule has 1 fully saturated rings. The molecule has 6 nitrogen and oxygen atoms in total. The van der Waals surface area contributed by atoms with Crippen LogP contribution in [0.1, 0.15) is 72.2 Å². The number of nitrogens with one attached hydrogen (secondary N) is 1. The molecule has 0 radical (unpaired) electrons. The summed E-state index contributed by atoms with van der Waals surface area (Å²) in [6.45, 7) is 12.7. The van der Waals surface area contributed by atoms with E-state index >= 15 is 0 Å². The molecule has 1 aromatic heterocycles. The minimum Gasteiger partial charge on any atom is -0.330 e. The average Bonchev–Trinajstić information content (AvgIpc) is 2.97. The van der Waals surface area contributed by atoms with Crippen LogP contribution in [0, 0.1) is 17.8 Å². The molecule has 23 heavy (non-hydrogen) atoms. The van der Waals surface area contributed by atoms with Gasteiger partial charge in [-0.2, -0.15) is 0 Å². The van der Waals surface area contributed by atoms with Crippen LogP contribution in [-0.2, 0) is 5.54 Å². The number of aromatic nitrogens is 4. The molecule has 0 amide bonds. The van der Waals surface area contributed by atoms with Crippen LogP contribution >= 0.6 is 0 Å². The Morgan fingerprint density at radius 1 is 1.26 bits per heavy atom. The molecule has 1 saturated carbocycles. The molecule has 0 aromatic carbocycles. The molecule has 1 aliphatic carbocycles. The summed E-state index contributed by atoms with van der Waals surface area (Å²) >= 11 is 0. The Kier molecular flexibility index (Phi) is 6.14. The van der Waals surface area contributed by atoms with Crippen LogP contribution in [0.25, 0.3) is 0 Å². The molecule has 0 bridgehead atoms. The summed E-state index contributed by atoms with van der Waals surface area (Å²) in [6, 6.07) is 0.183. The van der Waals surface area contributed by atoms with E-state index in [1.54, 1.807) is 0 Å². The van der Waals surface area contributed by atoms with Gasteiger partial charge in [-0.15, -0.1) is 5.10 Å². The molecule has 3 unspecified atom stereocenters. The van der Waals surface area contributed by atoms with Crippen molar-refractivity contribution >= 4 is 0 Å². The van der Waals surface area contributed by atoms with Crippen LogP contribution in [-0.4, -0.2) is 33.3 Å². The highest BCUT2D eigenvalue weighted by Crippen LogP contribution is 2.29. The number of tetrazole rings is 1. The van der Waals surface area contributed by atoms with E-state index in [1.165, 1.54) is 25.7 Å². The van der Waals surface area contributed by atoms with E-state index in [1.807, 2.05) is 4.68 Å². The van der Waals surface area contributed by atoms with Gasteiger partial charge in [-0.1, -0.05) is 20.3 Å². The monoisotopic (exact) mass is 322 g/mol. The second-order valence-electron chi connectivity index (χ2n) is 8.38. The molecular formula is C17H34N6. The van der Waals surface area contributed by atoms with Gasteiger partial charge in [0.15, 0.2) is 5.82 Å². The van der Waals surface area contributed by atoms with E-state index in [4.69, 9.17) is 5.73 Å². The van der Waals surface area contributed by atoms with Gasteiger partial charge in [-0.05, 0) is 81.3 Å². The largest absolute Gasteiger partial charge is 0.330 e. The van der Waals surface area contributed by atoms with Crippen molar-refractivity contribution in [2.75, 3.05) is 13.1 Å². The third-order valence-electron chi connectivity index (χ3n) is 4.93. The Labute approximate surface area is 140 Å². The third-order valence-corrected chi connectivity index (χ3v) is 4.93. The smallest absolute Gasteiger partial charge is 0.169 e. The summed E-state index contributed by atoms with van der Waals surface area (Å²) in [6.07, 6.45) is 5.15. The lowest BCUT2D eigenvalue weighted by Gasteiger charge is -2.31. The first-order chi connectivity index (χ1) is 10.8. The van der Waals surface area contributed by atoms with Crippen molar-refractivity contribution in [3.05, 3.63) is 5.82 Å². The normalized spacial score (nSPS) is 24.1. The maximum absolute atomic E-state index is 5.86. The van der Waals surface area contributed by atoms with Crippen LogP contribution in [0.3, 0.4) is 0 Å². The Hall–Kier alpha value is -1.01. The Balaban J connectivity index is 2.04.